The van der Waals surface area contributed by atoms with Crippen LogP contribution in [0.3, 0.4) is 0 Å². The van der Waals surface area contributed by atoms with Gasteiger partial charge >= 0.3 is 0 Å². The van der Waals surface area contributed by atoms with E-state index in [1.54, 1.807) is 30.7 Å². The van der Waals surface area contributed by atoms with Crippen molar-refractivity contribution in [2.45, 2.75) is 19.1 Å². The lowest BCUT2D eigenvalue weighted by Crippen LogP contribution is -2.25. The van der Waals surface area contributed by atoms with E-state index in [2.05, 4.69) is 10.3 Å². The fourth-order valence-corrected chi connectivity index (χ4v) is 2.61. The lowest BCUT2D eigenvalue weighted by atomic mass is 10.1. The van der Waals surface area contributed by atoms with Crippen molar-refractivity contribution in [1.82, 2.24) is 14.9 Å². The average Bonchev–Trinajstić information content (AvgIpc) is 3.14. The summed E-state index contributed by atoms with van der Waals surface area (Å²) in [7, 11) is 0. The maximum atomic E-state index is 13.7. The van der Waals surface area contributed by atoms with Crippen molar-refractivity contribution in [3.05, 3.63) is 84.2 Å². The molecule has 0 amide bonds. The molecule has 1 aromatic heterocycles. The zero-order chi connectivity index (χ0) is 16.9. The Balaban J connectivity index is 1.61. The van der Waals surface area contributed by atoms with E-state index in [0.29, 0.717) is 5.56 Å². The molecule has 0 aliphatic heterocycles. The first kappa shape index (κ1) is 16.4. The Bertz CT molecular complexity index is 772. The number of hydrogen-bond donors (Lipinski definition) is 2. The first-order valence-electron chi connectivity index (χ1n) is 7.89. The van der Waals surface area contributed by atoms with Gasteiger partial charge < -0.3 is 15.0 Å². The summed E-state index contributed by atoms with van der Waals surface area (Å²) in [5, 5.41) is 13.4. The Morgan fingerprint density at radius 3 is 2.58 bits per heavy atom. The Morgan fingerprint density at radius 1 is 1.17 bits per heavy atom. The Hall–Kier alpha value is -2.50. The number of imidazole rings is 1. The van der Waals surface area contributed by atoms with Crippen LogP contribution in [0.1, 0.15) is 30.2 Å². The number of benzene rings is 2. The first-order valence-corrected chi connectivity index (χ1v) is 7.89. The first-order chi connectivity index (χ1) is 11.6. The van der Waals surface area contributed by atoms with Gasteiger partial charge in [-0.25, -0.2) is 9.37 Å². The van der Waals surface area contributed by atoms with Gasteiger partial charge in [-0.15, -0.1) is 0 Å². The number of halogens is 1. The molecule has 0 aliphatic carbocycles. The van der Waals surface area contributed by atoms with Crippen LogP contribution in [-0.2, 0) is 0 Å². The molecule has 3 rings (SSSR count). The minimum Gasteiger partial charge on any atom is -0.387 e. The van der Waals surface area contributed by atoms with Gasteiger partial charge in [0, 0.05) is 36.2 Å². The maximum Gasteiger partial charge on any atom is 0.129 e. The molecule has 0 spiro atoms. The van der Waals surface area contributed by atoms with Crippen molar-refractivity contribution in [2.24, 2.45) is 0 Å². The molecule has 0 aliphatic rings. The minimum absolute atomic E-state index is 0.0447. The van der Waals surface area contributed by atoms with E-state index in [0.717, 1.165) is 11.3 Å². The van der Waals surface area contributed by atoms with E-state index < -0.39 is 6.10 Å². The van der Waals surface area contributed by atoms with Crippen molar-refractivity contribution in [1.29, 1.82) is 0 Å². The maximum absolute atomic E-state index is 13.7. The second-order valence-corrected chi connectivity index (χ2v) is 5.73. The third-order valence-corrected chi connectivity index (χ3v) is 4.08. The van der Waals surface area contributed by atoms with Crippen LogP contribution >= 0.6 is 0 Å². The molecule has 4 nitrogen and oxygen atoms in total. The standard InChI is InChI=1S/C19H20FN3O/c1-14(22-12-19(24)17-4-2-3-5-18(17)20)15-6-8-16(9-7-15)23-11-10-21-13-23/h2-11,13-14,19,22,24H,12H2,1H3. The summed E-state index contributed by atoms with van der Waals surface area (Å²) in [4.78, 5) is 4.03. The van der Waals surface area contributed by atoms with Crippen LogP contribution < -0.4 is 5.32 Å². The SMILES string of the molecule is CC(NCC(O)c1ccccc1F)c1ccc(-n2ccnc2)cc1. The van der Waals surface area contributed by atoms with Crippen LogP contribution in [0.2, 0.25) is 0 Å². The summed E-state index contributed by atoms with van der Waals surface area (Å²) in [6, 6.07) is 14.4. The number of rotatable bonds is 6. The van der Waals surface area contributed by atoms with Gasteiger partial charge in [0.25, 0.3) is 0 Å². The zero-order valence-electron chi connectivity index (χ0n) is 13.4. The monoisotopic (exact) mass is 325 g/mol. The molecule has 1 heterocycles. The highest BCUT2D eigenvalue weighted by atomic mass is 19.1. The van der Waals surface area contributed by atoms with Crippen molar-refractivity contribution < 1.29 is 9.50 Å². The molecule has 0 saturated heterocycles. The molecular formula is C19H20FN3O. The number of aliphatic hydroxyl groups excluding tert-OH is 1. The molecule has 0 saturated carbocycles. The molecule has 3 aromatic rings. The van der Waals surface area contributed by atoms with Crippen molar-refractivity contribution >= 4 is 0 Å². The molecule has 2 atom stereocenters. The van der Waals surface area contributed by atoms with E-state index >= 15 is 0 Å². The number of hydrogen-bond acceptors (Lipinski definition) is 3. The van der Waals surface area contributed by atoms with Crippen LogP contribution in [0.5, 0.6) is 0 Å². The predicted molar refractivity (Wildman–Crippen MR) is 91.3 cm³/mol. The minimum atomic E-state index is -0.876. The summed E-state index contributed by atoms with van der Waals surface area (Å²) in [5.41, 5.74) is 2.45. The van der Waals surface area contributed by atoms with Gasteiger partial charge in [0.1, 0.15) is 5.82 Å². The second-order valence-electron chi connectivity index (χ2n) is 5.73. The molecule has 0 radical (unpaired) electrons. The third kappa shape index (κ3) is 3.69. The molecule has 2 aromatic carbocycles. The van der Waals surface area contributed by atoms with Gasteiger partial charge in [0.15, 0.2) is 0 Å². The van der Waals surface area contributed by atoms with E-state index in [1.165, 1.54) is 6.07 Å². The summed E-state index contributed by atoms with van der Waals surface area (Å²) >= 11 is 0. The summed E-state index contributed by atoms with van der Waals surface area (Å²) in [6.45, 7) is 2.30. The smallest absolute Gasteiger partial charge is 0.129 e. The van der Waals surface area contributed by atoms with Gasteiger partial charge in [-0.2, -0.15) is 0 Å². The molecular weight excluding hydrogens is 305 g/mol. The normalized spacial score (nSPS) is 13.6. The van der Waals surface area contributed by atoms with Crippen molar-refractivity contribution in [3.63, 3.8) is 0 Å². The molecule has 24 heavy (non-hydrogen) atoms. The fraction of sp³-hybridized carbons (Fsp3) is 0.211. The number of aliphatic hydroxyl groups is 1. The van der Waals surface area contributed by atoms with Crippen LogP contribution in [0, 0.1) is 5.82 Å². The average molecular weight is 325 g/mol. The van der Waals surface area contributed by atoms with E-state index in [1.807, 2.05) is 42.0 Å². The van der Waals surface area contributed by atoms with E-state index in [4.69, 9.17) is 0 Å². The van der Waals surface area contributed by atoms with E-state index in [9.17, 15) is 9.50 Å². The molecule has 2 N–H and O–H groups in total. The highest BCUT2D eigenvalue weighted by Crippen LogP contribution is 2.19. The second kappa shape index (κ2) is 7.38. The van der Waals surface area contributed by atoms with Crippen LogP contribution in [0.25, 0.3) is 5.69 Å². The fourth-order valence-electron chi connectivity index (χ4n) is 2.61. The molecule has 5 heteroatoms. The summed E-state index contributed by atoms with van der Waals surface area (Å²) < 4.78 is 15.6. The van der Waals surface area contributed by atoms with Crippen molar-refractivity contribution in [3.8, 4) is 5.69 Å². The summed E-state index contributed by atoms with van der Waals surface area (Å²) in [6.07, 6.45) is 4.50. The molecule has 124 valence electrons. The predicted octanol–water partition coefficient (Wildman–Crippen LogP) is 3.40. The number of aromatic nitrogens is 2. The largest absolute Gasteiger partial charge is 0.387 e. The number of nitrogens with one attached hydrogen (secondary N) is 1. The van der Waals surface area contributed by atoms with Crippen LogP contribution in [0.15, 0.2) is 67.3 Å². The van der Waals surface area contributed by atoms with Gasteiger partial charge in [-0.1, -0.05) is 30.3 Å². The Kier molecular flexibility index (Phi) is 5.03. The topological polar surface area (TPSA) is 50.1 Å². The third-order valence-electron chi connectivity index (χ3n) is 4.08. The van der Waals surface area contributed by atoms with Gasteiger partial charge in [0.05, 0.1) is 12.4 Å². The lowest BCUT2D eigenvalue weighted by molar-refractivity contribution is 0.166. The highest BCUT2D eigenvalue weighted by molar-refractivity contribution is 5.35. The molecule has 2 unspecified atom stereocenters. The van der Waals surface area contributed by atoms with Gasteiger partial charge in [-0.3, -0.25) is 0 Å². The van der Waals surface area contributed by atoms with Gasteiger partial charge in [0.2, 0.25) is 0 Å². The highest BCUT2D eigenvalue weighted by Gasteiger charge is 2.14. The molecule has 0 fully saturated rings. The number of nitrogens with zero attached hydrogens (tertiary/aromatic N) is 2. The zero-order valence-corrected chi connectivity index (χ0v) is 13.4. The molecule has 0 bridgehead atoms. The Labute approximate surface area is 140 Å². The van der Waals surface area contributed by atoms with Gasteiger partial charge in [-0.05, 0) is 30.7 Å². The quantitative estimate of drug-likeness (QED) is 0.730. The van der Waals surface area contributed by atoms with E-state index in [-0.39, 0.29) is 18.4 Å². The lowest BCUT2D eigenvalue weighted by Gasteiger charge is -2.18. The van der Waals surface area contributed by atoms with Crippen molar-refractivity contribution in [2.75, 3.05) is 6.54 Å². The summed E-state index contributed by atoms with van der Waals surface area (Å²) in [5.74, 6) is -0.385. The Morgan fingerprint density at radius 2 is 1.92 bits per heavy atom. The van der Waals surface area contributed by atoms with Crippen LogP contribution in [0.4, 0.5) is 4.39 Å². The van der Waals surface area contributed by atoms with Crippen LogP contribution in [-0.4, -0.2) is 21.2 Å².